The van der Waals surface area contributed by atoms with Gasteiger partial charge in [-0.3, -0.25) is 4.57 Å². The van der Waals surface area contributed by atoms with Crippen LogP contribution in [-0.2, 0) is 0 Å². The van der Waals surface area contributed by atoms with E-state index in [1.54, 1.807) is 23.3 Å². The molecule has 4 nitrogen and oxygen atoms in total. The van der Waals surface area contributed by atoms with E-state index in [4.69, 9.17) is 5.26 Å². The zero-order valence-corrected chi connectivity index (χ0v) is 7.68. The summed E-state index contributed by atoms with van der Waals surface area (Å²) in [6.45, 7) is 1.98. The van der Waals surface area contributed by atoms with Crippen molar-refractivity contribution in [3.8, 4) is 11.8 Å². The van der Waals surface area contributed by atoms with Gasteiger partial charge in [-0.2, -0.15) is 5.26 Å². The maximum Gasteiger partial charge on any atom is 0.123 e. The minimum Gasteiger partial charge on any atom is -0.288 e. The normalized spacial score (nSPS) is 9.71. The third-order valence-corrected chi connectivity index (χ3v) is 2.04. The number of nitriles is 1. The molecule has 4 heteroatoms. The van der Waals surface area contributed by atoms with Gasteiger partial charge >= 0.3 is 0 Å². The predicted molar refractivity (Wildman–Crippen MR) is 50.8 cm³/mol. The van der Waals surface area contributed by atoms with Gasteiger partial charge in [-0.1, -0.05) is 6.07 Å². The van der Waals surface area contributed by atoms with Crippen molar-refractivity contribution in [1.29, 1.82) is 5.26 Å². The zero-order chi connectivity index (χ0) is 9.97. The monoisotopic (exact) mass is 184 g/mol. The summed E-state index contributed by atoms with van der Waals surface area (Å²) in [5.41, 5.74) is 2.66. The summed E-state index contributed by atoms with van der Waals surface area (Å²) < 4.78 is 1.79. The standard InChI is InChI=1S/C10H8N4/c1-8-2-3-9(5-11)4-10(8)14-6-12-13-7-14/h2-4,6-7H,1H3. The maximum atomic E-state index is 8.76. The molecule has 2 rings (SSSR count). The Hall–Kier alpha value is -2.15. The summed E-state index contributed by atoms with van der Waals surface area (Å²) in [7, 11) is 0. The molecule has 0 N–H and O–H groups in total. The SMILES string of the molecule is Cc1ccc(C#N)cc1-n1cnnc1. The van der Waals surface area contributed by atoms with Crippen LogP contribution >= 0.6 is 0 Å². The zero-order valence-electron chi connectivity index (χ0n) is 7.68. The lowest BCUT2D eigenvalue weighted by Crippen LogP contribution is -1.94. The van der Waals surface area contributed by atoms with Gasteiger partial charge in [-0.15, -0.1) is 10.2 Å². The fourth-order valence-electron chi connectivity index (χ4n) is 1.28. The highest BCUT2D eigenvalue weighted by Gasteiger charge is 2.01. The van der Waals surface area contributed by atoms with E-state index in [1.807, 2.05) is 19.1 Å². The quantitative estimate of drug-likeness (QED) is 0.674. The maximum absolute atomic E-state index is 8.76. The first-order valence-electron chi connectivity index (χ1n) is 4.17. The van der Waals surface area contributed by atoms with Gasteiger partial charge in [0.15, 0.2) is 0 Å². The van der Waals surface area contributed by atoms with Crippen LogP contribution in [-0.4, -0.2) is 14.8 Å². The second-order valence-electron chi connectivity index (χ2n) is 2.98. The first-order chi connectivity index (χ1) is 6.81. The molecule has 0 atom stereocenters. The van der Waals surface area contributed by atoms with E-state index in [0.29, 0.717) is 5.56 Å². The Labute approximate surface area is 81.4 Å². The van der Waals surface area contributed by atoms with Crippen molar-refractivity contribution in [3.63, 3.8) is 0 Å². The summed E-state index contributed by atoms with van der Waals surface area (Å²) >= 11 is 0. The number of aryl methyl sites for hydroxylation is 1. The van der Waals surface area contributed by atoms with Crippen molar-refractivity contribution >= 4 is 0 Å². The summed E-state index contributed by atoms with van der Waals surface area (Å²) in [6, 6.07) is 7.63. The molecule has 0 radical (unpaired) electrons. The molecule has 0 bridgehead atoms. The van der Waals surface area contributed by atoms with Crippen LogP contribution in [0.5, 0.6) is 0 Å². The molecule has 0 spiro atoms. The largest absolute Gasteiger partial charge is 0.288 e. The first-order valence-corrected chi connectivity index (χ1v) is 4.17. The van der Waals surface area contributed by atoms with Gasteiger partial charge in [-0.05, 0) is 24.6 Å². The van der Waals surface area contributed by atoms with Crippen molar-refractivity contribution in [3.05, 3.63) is 42.0 Å². The highest BCUT2D eigenvalue weighted by Crippen LogP contribution is 2.14. The smallest absolute Gasteiger partial charge is 0.123 e. The minimum atomic E-state index is 0.638. The summed E-state index contributed by atoms with van der Waals surface area (Å²) in [6.07, 6.45) is 3.23. The lowest BCUT2D eigenvalue weighted by atomic mass is 10.1. The van der Waals surface area contributed by atoms with Gasteiger partial charge < -0.3 is 0 Å². The van der Waals surface area contributed by atoms with Crippen LogP contribution in [0.4, 0.5) is 0 Å². The Morgan fingerprint density at radius 2 is 2.00 bits per heavy atom. The van der Waals surface area contributed by atoms with E-state index in [1.165, 1.54) is 0 Å². The summed E-state index contributed by atoms with van der Waals surface area (Å²) in [4.78, 5) is 0. The number of aromatic nitrogens is 3. The number of hydrogen-bond acceptors (Lipinski definition) is 3. The summed E-state index contributed by atoms with van der Waals surface area (Å²) in [5.74, 6) is 0. The lowest BCUT2D eigenvalue weighted by Gasteiger charge is -2.05. The van der Waals surface area contributed by atoms with Crippen LogP contribution in [0.1, 0.15) is 11.1 Å². The molecule has 14 heavy (non-hydrogen) atoms. The van der Waals surface area contributed by atoms with Crippen molar-refractivity contribution < 1.29 is 0 Å². The van der Waals surface area contributed by atoms with Crippen LogP contribution in [0.2, 0.25) is 0 Å². The molecule has 68 valence electrons. The van der Waals surface area contributed by atoms with E-state index >= 15 is 0 Å². The van der Waals surface area contributed by atoms with Crippen molar-refractivity contribution in [2.45, 2.75) is 6.92 Å². The lowest BCUT2D eigenvalue weighted by molar-refractivity contribution is 1.04. The molecule has 0 aliphatic heterocycles. The number of rotatable bonds is 1. The van der Waals surface area contributed by atoms with Crippen LogP contribution in [0.3, 0.4) is 0 Å². The molecule has 2 aromatic rings. The average molecular weight is 184 g/mol. The Balaban J connectivity index is 2.58. The molecule has 1 heterocycles. The van der Waals surface area contributed by atoms with E-state index < -0.39 is 0 Å². The molecule has 0 aliphatic rings. The topological polar surface area (TPSA) is 54.5 Å². The van der Waals surface area contributed by atoms with Crippen molar-refractivity contribution in [1.82, 2.24) is 14.8 Å². The van der Waals surface area contributed by atoms with Gasteiger partial charge in [0.1, 0.15) is 12.7 Å². The molecule has 0 aliphatic carbocycles. The van der Waals surface area contributed by atoms with Crippen LogP contribution < -0.4 is 0 Å². The van der Waals surface area contributed by atoms with E-state index in [2.05, 4.69) is 16.3 Å². The second-order valence-corrected chi connectivity index (χ2v) is 2.98. The van der Waals surface area contributed by atoms with Crippen molar-refractivity contribution in [2.24, 2.45) is 0 Å². The molecule has 0 unspecified atom stereocenters. The Kier molecular flexibility index (Phi) is 1.99. The second kappa shape index (κ2) is 3.30. The molecular formula is C10H8N4. The fraction of sp³-hybridized carbons (Fsp3) is 0.100. The fourth-order valence-corrected chi connectivity index (χ4v) is 1.28. The average Bonchev–Trinajstić information content (AvgIpc) is 2.71. The molecule has 0 amide bonds. The molecule has 0 saturated carbocycles. The first kappa shape index (κ1) is 8.45. The Morgan fingerprint density at radius 3 is 2.64 bits per heavy atom. The van der Waals surface area contributed by atoms with Crippen molar-refractivity contribution in [2.75, 3.05) is 0 Å². The number of nitrogens with zero attached hydrogens (tertiary/aromatic N) is 4. The van der Waals surface area contributed by atoms with Crippen LogP contribution in [0, 0.1) is 18.3 Å². The van der Waals surface area contributed by atoms with E-state index in [9.17, 15) is 0 Å². The van der Waals surface area contributed by atoms with E-state index in [-0.39, 0.29) is 0 Å². The van der Waals surface area contributed by atoms with Crippen LogP contribution in [0.25, 0.3) is 5.69 Å². The Morgan fingerprint density at radius 1 is 1.29 bits per heavy atom. The van der Waals surface area contributed by atoms with Gasteiger partial charge in [0, 0.05) is 0 Å². The highest BCUT2D eigenvalue weighted by atomic mass is 15.2. The highest BCUT2D eigenvalue weighted by molar-refractivity contribution is 5.46. The summed E-state index contributed by atoms with van der Waals surface area (Å²) in [5, 5.41) is 16.2. The van der Waals surface area contributed by atoms with E-state index in [0.717, 1.165) is 11.3 Å². The molecular weight excluding hydrogens is 176 g/mol. The number of hydrogen-bond donors (Lipinski definition) is 0. The molecule has 0 fully saturated rings. The minimum absolute atomic E-state index is 0.638. The van der Waals surface area contributed by atoms with Gasteiger partial charge in [-0.25, -0.2) is 0 Å². The predicted octanol–water partition coefficient (Wildman–Crippen LogP) is 1.45. The Bertz CT molecular complexity index is 479. The third-order valence-electron chi connectivity index (χ3n) is 2.04. The molecule has 1 aromatic carbocycles. The number of benzene rings is 1. The van der Waals surface area contributed by atoms with Gasteiger partial charge in [0.05, 0.1) is 17.3 Å². The van der Waals surface area contributed by atoms with Crippen LogP contribution in [0.15, 0.2) is 30.9 Å². The molecule has 1 aromatic heterocycles. The van der Waals surface area contributed by atoms with Gasteiger partial charge in [0.2, 0.25) is 0 Å². The third kappa shape index (κ3) is 1.36. The molecule has 0 saturated heterocycles. The van der Waals surface area contributed by atoms with Gasteiger partial charge in [0.25, 0.3) is 0 Å².